The van der Waals surface area contributed by atoms with Gasteiger partial charge in [-0.2, -0.15) is 5.10 Å². The van der Waals surface area contributed by atoms with Gasteiger partial charge in [0.1, 0.15) is 11.6 Å². The molecule has 0 aliphatic heterocycles. The number of amides is 2. The standard InChI is InChI=1S/C11H13FN6O/c1-13-16-10-6-9(17-18-10)15-11(19)14-8-5-3-2-4-7(8)12/h2-6,13H,1H3,(H4,14,15,16,17,18,19). The zero-order valence-electron chi connectivity index (χ0n) is 10.1. The molecule has 100 valence electrons. The number of hydrogen-bond donors (Lipinski definition) is 5. The van der Waals surface area contributed by atoms with Crippen LogP contribution in [-0.4, -0.2) is 23.3 Å². The second-order valence-corrected chi connectivity index (χ2v) is 3.60. The summed E-state index contributed by atoms with van der Waals surface area (Å²) in [6.07, 6.45) is 0. The zero-order valence-corrected chi connectivity index (χ0v) is 10.1. The van der Waals surface area contributed by atoms with E-state index in [1.54, 1.807) is 25.2 Å². The molecule has 0 fully saturated rings. The Bertz CT molecular complexity index is 570. The summed E-state index contributed by atoms with van der Waals surface area (Å²) in [5, 5.41) is 11.3. The molecule has 0 unspecified atom stereocenters. The first-order valence-corrected chi connectivity index (χ1v) is 5.50. The molecule has 0 aliphatic rings. The van der Waals surface area contributed by atoms with Gasteiger partial charge >= 0.3 is 6.03 Å². The van der Waals surface area contributed by atoms with Crippen LogP contribution in [0.1, 0.15) is 0 Å². The van der Waals surface area contributed by atoms with Crippen LogP contribution in [-0.2, 0) is 0 Å². The van der Waals surface area contributed by atoms with E-state index in [9.17, 15) is 9.18 Å². The number of aromatic amines is 1. The lowest BCUT2D eigenvalue weighted by molar-refractivity contribution is 0.262. The lowest BCUT2D eigenvalue weighted by Crippen LogP contribution is -2.20. The van der Waals surface area contributed by atoms with Crippen molar-refractivity contribution in [2.45, 2.75) is 0 Å². The van der Waals surface area contributed by atoms with Crippen molar-refractivity contribution in [3.05, 3.63) is 36.1 Å². The second kappa shape index (κ2) is 5.83. The Kier molecular flexibility index (Phi) is 3.94. The summed E-state index contributed by atoms with van der Waals surface area (Å²) in [6, 6.07) is 6.90. The third-order valence-electron chi connectivity index (χ3n) is 2.20. The summed E-state index contributed by atoms with van der Waals surface area (Å²) >= 11 is 0. The molecular formula is C11H13FN6O. The molecule has 5 N–H and O–H groups in total. The predicted octanol–water partition coefficient (Wildman–Crippen LogP) is 1.74. The first-order valence-electron chi connectivity index (χ1n) is 5.50. The summed E-state index contributed by atoms with van der Waals surface area (Å²) in [4.78, 5) is 11.6. The van der Waals surface area contributed by atoms with Crippen LogP contribution < -0.4 is 21.5 Å². The number of urea groups is 1. The highest BCUT2D eigenvalue weighted by Gasteiger charge is 2.08. The maximum Gasteiger partial charge on any atom is 0.324 e. The molecule has 0 atom stereocenters. The van der Waals surface area contributed by atoms with Crippen molar-refractivity contribution in [1.29, 1.82) is 0 Å². The minimum atomic E-state index is -0.576. The average molecular weight is 264 g/mol. The number of benzene rings is 1. The van der Waals surface area contributed by atoms with E-state index in [0.717, 1.165) is 0 Å². The molecule has 0 spiro atoms. The Hall–Kier alpha value is -2.61. The average Bonchev–Trinajstić information content (AvgIpc) is 2.80. The van der Waals surface area contributed by atoms with Gasteiger partial charge in [-0.25, -0.2) is 14.6 Å². The van der Waals surface area contributed by atoms with Crippen molar-refractivity contribution in [2.75, 3.05) is 23.1 Å². The number of para-hydroxylation sites is 1. The minimum Gasteiger partial charge on any atom is -0.306 e. The Morgan fingerprint density at radius 3 is 2.84 bits per heavy atom. The van der Waals surface area contributed by atoms with E-state index < -0.39 is 11.8 Å². The Balaban J connectivity index is 1.95. The number of hydrogen-bond acceptors (Lipinski definition) is 4. The highest BCUT2D eigenvalue weighted by atomic mass is 19.1. The van der Waals surface area contributed by atoms with Crippen molar-refractivity contribution < 1.29 is 9.18 Å². The monoisotopic (exact) mass is 264 g/mol. The van der Waals surface area contributed by atoms with E-state index in [0.29, 0.717) is 11.6 Å². The summed E-state index contributed by atoms with van der Waals surface area (Å²) in [7, 11) is 1.69. The molecule has 7 nitrogen and oxygen atoms in total. The summed E-state index contributed by atoms with van der Waals surface area (Å²) in [5.74, 6) is 0.396. The third kappa shape index (κ3) is 3.42. The van der Waals surface area contributed by atoms with Gasteiger partial charge in [-0.1, -0.05) is 12.1 Å². The molecule has 19 heavy (non-hydrogen) atoms. The highest BCUT2D eigenvalue weighted by molar-refractivity contribution is 5.99. The lowest BCUT2D eigenvalue weighted by atomic mass is 10.3. The van der Waals surface area contributed by atoms with Gasteiger partial charge in [0, 0.05) is 13.1 Å². The quantitative estimate of drug-likeness (QED) is 0.544. The molecule has 8 heteroatoms. The molecule has 2 amide bonds. The summed E-state index contributed by atoms with van der Waals surface area (Å²) < 4.78 is 13.3. The number of aromatic nitrogens is 2. The lowest BCUT2D eigenvalue weighted by Gasteiger charge is -2.05. The Morgan fingerprint density at radius 1 is 1.32 bits per heavy atom. The minimum absolute atomic E-state index is 0.101. The fourth-order valence-electron chi connectivity index (χ4n) is 1.42. The van der Waals surface area contributed by atoms with E-state index in [-0.39, 0.29) is 5.69 Å². The molecule has 1 heterocycles. The first-order chi connectivity index (χ1) is 9.19. The van der Waals surface area contributed by atoms with E-state index in [4.69, 9.17) is 0 Å². The largest absolute Gasteiger partial charge is 0.324 e. The van der Waals surface area contributed by atoms with E-state index >= 15 is 0 Å². The van der Waals surface area contributed by atoms with Crippen molar-refractivity contribution in [3.63, 3.8) is 0 Å². The molecule has 0 bridgehead atoms. The molecule has 1 aromatic heterocycles. The van der Waals surface area contributed by atoms with Crippen molar-refractivity contribution in [2.24, 2.45) is 0 Å². The summed E-state index contributed by atoms with van der Waals surface area (Å²) in [6.45, 7) is 0. The van der Waals surface area contributed by atoms with Crippen LogP contribution in [0.2, 0.25) is 0 Å². The Labute approximate surface area is 108 Å². The van der Waals surface area contributed by atoms with Gasteiger partial charge in [-0.3, -0.25) is 10.4 Å². The fourth-order valence-corrected chi connectivity index (χ4v) is 1.42. The number of carbonyl (C=O) groups excluding carboxylic acids is 1. The van der Waals surface area contributed by atoms with E-state index in [1.165, 1.54) is 12.1 Å². The van der Waals surface area contributed by atoms with Gasteiger partial charge < -0.3 is 10.7 Å². The Morgan fingerprint density at radius 2 is 2.11 bits per heavy atom. The summed E-state index contributed by atoms with van der Waals surface area (Å²) in [5.41, 5.74) is 5.56. The molecule has 0 saturated carbocycles. The number of nitrogens with zero attached hydrogens (tertiary/aromatic N) is 1. The number of halogens is 1. The predicted molar refractivity (Wildman–Crippen MR) is 70.3 cm³/mol. The van der Waals surface area contributed by atoms with Gasteiger partial charge in [-0.15, -0.1) is 0 Å². The van der Waals surface area contributed by atoms with Crippen LogP contribution in [0.15, 0.2) is 30.3 Å². The first kappa shape index (κ1) is 12.8. The maximum atomic E-state index is 13.3. The molecular weight excluding hydrogens is 251 g/mol. The molecule has 2 aromatic rings. The number of carbonyl (C=O) groups is 1. The number of nitrogens with one attached hydrogen (secondary N) is 5. The van der Waals surface area contributed by atoms with Crippen LogP contribution in [0.25, 0.3) is 0 Å². The molecule has 0 radical (unpaired) electrons. The van der Waals surface area contributed by atoms with Gasteiger partial charge in [0.15, 0.2) is 5.82 Å². The van der Waals surface area contributed by atoms with Gasteiger partial charge in [0.2, 0.25) is 0 Å². The second-order valence-electron chi connectivity index (χ2n) is 3.60. The number of H-pyrrole nitrogens is 1. The third-order valence-corrected chi connectivity index (χ3v) is 2.20. The molecule has 0 aliphatic carbocycles. The van der Waals surface area contributed by atoms with Crippen LogP contribution in [0.5, 0.6) is 0 Å². The van der Waals surface area contributed by atoms with Crippen LogP contribution in [0, 0.1) is 5.82 Å². The SMILES string of the molecule is CNNc1cc(NC(=O)Nc2ccccc2F)n[nH]1. The smallest absolute Gasteiger partial charge is 0.306 e. The fraction of sp³-hybridized carbons (Fsp3) is 0.0909. The van der Waals surface area contributed by atoms with Crippen molar-refractivity contribution >= 4 is 23.4 Å². The van der Waals surface area contributed by atoms with Gasteiger partial charge in [0.05, 0.1) is 5.69 Å². The van der Waals surface area contributed by atoms with Crippen LogP contribution in [0.3, 0.4) is 0 Å². The normalized spacial score (nSPS) is 10.0. The van der Waals surface area contributed by atoms with Crippen LogP contribution >= 0.6 is 0 Å². The van der Waals surface area contributed by atoms with Crippen molar-refractivity contribution in [1.82, 2.24) is 15.6 Å². The van der Waals surface area contributed by atoms with Crippen LogP contribution in [0.4, 0.5) is 26.5 Å². The number of rotatable bonds is 4. The van der Waals surface area contributed by atoms with Crippen molar-refractivity contribution in [3.8, 4) is 0 Å². The maximum absolute atomic E-state index is 13.3. The molecule has 2 rings (SSSR count). The van der Waals surface area contributed by atoms with E-state index in [2.05, 4.69) is 31.7 Å². The molecule has 1 aromatic carbocycles. The van der Waals surface area contributed by atoms with Gasteiger partial charge in [0.25, 0.3) is 0 Å². The topological polar surface area (TPSA) is 93.9 Å². The molecule has 0 saturated heterocycles. The number of hydrazine groups is 1. The zero-order chi connectivity index (χ0) is 13.7. The van der Waals surface area contributed by atoms with E-state index in [1.807, 2.05) is 0 Å². The highest BCUT2D eigenvalue weighted by Crippen LogP contribution is 2.13. The van der Waals surface area contributed by atoms with Gasteiger partial charge in [-0.05, 0) is 12.1 Å². The number of anilines is 3.